The second-order valence-electron chi connectivity index (χ2n) is 3.65. The summed E-state index contributed by atoms with van der Waals surface area (Å²) in [5.74, 6) is 0.572. The van der Waals surface area contributed by atoms with Crippen molar-refractivity contribution in [2.24, 2.45) is 4.99 Å². The molecule has 0 spiro atoms. The van der Waals surface area contributed by atoms with Crippen LogP contribution in [0.4, 0.5) is 0 Å². The van der Waals surface area contributed by atoms with Crippen LogP contribution in [-0.4, -0.2) is 42.0 Å². The molecular formula is C12H14N2O2S. The summed E-state index contributed by atoms with van der Waals surface area (Å²) < 4.78 is 0. The van der Waals surface area contributed by atoms with Gasteiger partial charge >= 0.3 is 0 Å². The molecule has 90 valence electrons. The summed E-state index contributed by atoms with van der Waals surface area (Å²) in [5.41, 5.74) is 1.06. The van der Waals surface area contributed by atoms with Gasteiger partial charge in [0.25, 0.3) is 5.91 Å². The van der Waals surface area contributed by atoms with Crippen LogP contribution in [-0.2, 0) is 9.63 Å². The third-order valence-corrected chi connectivity index (χ3v) is 3.64. The Morgan fingerprint density at radius 1 is 1.47 bits per heavy atom. The van der Waals surface area contributed by atoms with Crippen LogP contribution < -0.4 is 0 Å². The number of carbonyl (C=O) groups is 1. The van der Waals surface area contributed by atoms with E-state index in [4.69, 9.17) is 4.84 Å². The minimum absolute atomic E-state index is 0.106. The molecule has 17 heavy (non-hydrogen) atoms. The zero-order valence-electron chi connectivity index (χ0n) is 9.79. The summed E-state index contributed by atoms with van der Waals surface area (Å²) in [6, 6.07) is 9.56. The molecule has 4 nitrogen and oxygen atoms in total. The molecule has 0 saturated carbocycles. The molecule has 0 bridgehead atoms. The SMILES string of the molecule is CON(C)C(=O)C1CSC(c2ccccc2)=N1. The lowest BCUT2D eigenvalue weighted by Crippen LogP contribution is -2.34. The number of hydrogen-bond acceptors (Lipinski definition) is 4. The van der Waals surface area contributed by atoms with E-state index in [-0.39, 0.29) is 11.9 Å². The first-order chi connectivity index (χ1) is 8.22. The standard InChI is InChI=1S/C12H14N2O2S/c1-14(16-2)12(15)10-8-17-11(13-10)9-6-4-3-5-7-9/h3-7,10H,8H2,1-2H3. The van der Waals surface area contributed by atoms with Gasteiger partial charge in [-0.25, -0.2) is 5.06 Å². The molecule has 1 aromatic rings. The highest BCUT2D eigenvalue weighted by Crippen LogP contribution is 2.24. The molecule has 0 aliphatic carbocycles. The molecule has 0 radical (unpaired) electrons. The lowest BCUT2D eigenvalue weighted by atomic mass is 10.2. The van der Waals surface area contributed by atoms with Crippen LogP contribution >= 0.6 is 11.8 Å². The van der Waals surface area contributed by atoms with Gasteiger partial charge in [-0.1, -0.05) is 30.3 Å². The van der Waals surface area contributed by atoms with Crippen molar-refractivity contribution in [2.45, 2.75) is 6.04 Å². The molecule has 1 amide bonds. The first-order valence-electron chi connectivity index (χ1n) is 5.30. The Morgan fingerprint density at radius 3 is 2.82 bits per heavy atom. The van der Waals surface area contributed by atoms with E-state index in [1.165, 1.54) is 12.2 Å². The summed E-state index contributed by atoms with van der Waals surface area (Å²) >= 11 is 1.61. The topological polar surface area (TPSA) is 41.9 Å². The molecule has 0 fully saturated rings. The Kier molecular flexibility index (Phi) is 3.81. The van der Waals surface area contributed by atoms with Crippen molar-refractivity contribution in [1.29, 1.82) is 0 Å². The zero-order valence-corrected chi connectivity index (χ0v) is 10.6. The average molecular weight is 250 g/mol. The Hall–Kier alpha value is -1.33. The van der Waals surface area contributed by atoms with Gasteiger partial charge < -0.3 is 0 Å². The Balaban J connectivity index is 2.12. The lowest BCUT2D eigenvalue weighted by molar-refractivity contribution is -0.169. The van der Waals surface area contributed by atoms with Gasteiger partial charge in [-0.15, -0.1) is 11.8 Å². The number of carbonyl (C=O) groups excluding carboxylic acids is 1. The molecular weight excluding hydrogens is 236 g/mol. The third kappa shape index (κ3) is 2.68. The minimum atomic E-state index is -0.333. The number of nitrogens with zero attached hydrogens (tertiary/aromatic N) is 2. The zero-order chi connectivity index (χ0) is 12.3. The number of hydroxylamine groups is 2. The van der Waals surface area contributed by atoms with E-state index in [2.05, 4.69) is 4.99 Å². The Labute approximate surface area is 105 Å². The van der Waals surface area contributed by atoms with Crippen LogP contribution in [0.1, 0.15) is 5.56 Å². The van der Waals surface area contributed by atoms with E-state index in [0.717, 1.165) is 10.6 Å². The van der Waals surface area contributed by atoms with Gasteiger partial charge in [0.05, 0.1) is 12.2 Å². The average Bonchev–Trinajstić information content (AvgIpc) is 2.87. The summed E-state index contributed by atoms with van der Waals surface area (Å²) in [5, 5.41) is 2.15. The van der Waals surface area contributed by atoms with Gasteiger partial charge in [0.1, 0.15) is 6.04 Å². The van der Waals surface area contributed by atoms with Crippen LogP contribution in [0, 0.1) is 0 Å². The molecule has 1 unspecified atom stereocenters. The van der Waals surface area contributed by atoms with Crippen molar-refractivity contribution in [3.63, 3.8) is 0 Å². The van der Waals surface area contributed by atoms with Crippen molar-refractivity contribution in [3.8, 4) is 0 Å². The van der Waals surface area contributed by atoms with Gasteiger partial charge in [0, 0.05) is 18.4 Å². The summed E-state index contributed by atoms with van der Waals surface area (Å²) in [7, 11) is 3.07. The van der Waals surface area contributed by atoms with Crippen molar-refractivity contribution < 1.29 is 9.63 Å². The van der Waals surface area contributed by atoms with Crippen LogP contribution in [0.15, 0.2) is 35.3 Å². The summed E-state index contributed by atoms with van der Waals surface area (Å²) in [6.45, 7) is 0. The maximum absolute atomic E-state index is 11.8. The van der Waals surface area contributed by atoms with E-state index in [1.54, 1.807) is 18.8 Å². The highest BCUT2D eigenvalue weighted by molar-refractivity contribution is 8.14. The molecule has 1 aliphatic heterocycles. The van der Waals surface area contributed by atoms with E-state index >= 15 is 0 Å². The monoisotopic (exact) mass is 250 g/mol. The number of benzene rings is 1. The van der Waals surface area contributed by atoms with Gasteiger partial charge in [0.2, 0.25) is 0 Å². The molecule has 2 rings (SSSR count). The largest absolute Gasteiger partial charge is 0.274 e. The highest BCUT2D eigenvalue weighted by atomic mass is 32.2. The third-order valence-electron chi connectivity index (χ3n) is 2.54. The molecule has 1 heterocycles. The lowest BCUT2D eigenvalue weighted by Gasteiger charge is -2.15. The van der Waals surface area contributed by atoms with Gasteiger partial charge in [0.15, 0.2) is 0 Å². The van der Waals surface area contributed by atoms with Gasteiger partial charge in [-0.05, 0) is 0 Å². The summed E-state index contributed by atoms with van der Waals surface area (Å²) in [4.78, 5) is 21.1. The van der Waals surface area contributed by atoms with Crippen LogP contribution in [0.25, 0.3) is 0 Å². The van der Waals surface area contributed by atoms with Crippen molar-refractivity contribution in [1.82, 2.24) is 5.06 Å². The summed E-state index contributed by atoms with van der Waals surface area (Å²) in [6.07, 6.45) is 0. The molecule has 1 atom stereocenters. The molecule has 0 N–H and O–H groups in total. The number of thioether (sulfide) groups is 1. The fourth-order valence-electron chi connectivity index (χ4n) is 1.54. The van der Waals surface area contributed by atoms with E-state index in [9.17, 15) is 4.79 Å². The van der Waals surface area contributed by atoms with E-state index < -0.39 is 0 Å². The van der Waals surface area contributed by atoms with Crippen LogP contribution in [0.5, 0.6) is 0 Å². The Morgan fingerprint density at radius 2 is 2.18 bits per heavy atom. The minimum Gasteiger partial charge on any atom is -0.274 e. The smallest absolute Gasteiger partial charge is 0.271 e. The normalized spacial score (nSPS) is 18.9. The van der Waals surface area contributed by atoms with Crippen molar-refractivity contribution >= 4 is 22.7 Å². The number of amides is 1. The fourth-order valence-corrected chi connectivity index (χ4v) is 2.58. The molecule has 0 saturated heterocycles. The second-order valence-corrected chi connectivity index (χ2v) is 4.65. The highest BCUT2D eigenvalue weighted by Gasteiger charge is 2.28. The number of rotatable bonds is 3. The number of likely N-dealkylation sites (N-methyl/N-ethyl adjacent to an activating group) is 1. The molecule has 1 aromatic carbocycles. The molecule has 5 heteroatoms. The second kappa shape index (κ2) is 5.33. The first kappa shape index (κ1) is 12.1. The Bertz CT molecular complexity index is 433. The van der Waals surface area contributed by atoms with Gasteiger partial charge in [-0.3, -0.25) is 14.6 Å². The quantitative estimate of drug-likeness (QED) is 0.765. The van der Waals surface area contributed by atoms with E-state index in [1.807, 2.05) is 30.3 Å². The van der Waals surface area contributed by atoms with Crippen molar-refractivity contribution in [2.75, 3.05) is 19.9 Å². The van der Waals surface area contributed by atoms with Gasteiger partial charge in [-0.2, -0.15) is 0 Å². The van der Waals surface area contributed by atoms with Crippen LogP contribution in [0.3, 0.4) is 0 Å². The van der Waals surface area contributed by atoms with Crippen LogP contribution in [0.2, 0.25) is 0 Å². The fraction of sp³-hybridized carbons (Fsp3) is 0.333. The first-order valence-corrected chi connectivity index (χ1v) is 6.28. The predicted octanol–water partition coefficient (Wildman–Crippen LogP) is 1.57. The van der Waals surface area contributed by atoms with Crippen molar-refractivity contribution in [3.05, 3.63) is 35.9 Å². The van der Waals surface area contributed by atoms with E-state index in [0.29, 0.717) is 5.75 Å². The maximum Gasteiger partial charge on any atom is 0.271 e. The molecule has 1 aliphatic rings. The number of hydrogen-bond donors (Lipinski definition) is 0. The predicted molar refractivity (Wildman–Crippen MR) is 69.0 cm³/mol. The number of aliphatic imine (C=N–C) groups is 1. The molecule has 0 aromatic heterocycles. The maximum atomic E-state index is 11.8.